The molecule has 0 radical (unpaired) electrons. The predicted molar refractivity (Wildman–Crippen MR) is 82.1 cm³/mol. The molecule has 1 aliphatic rings. The number of pyridine rings is 2. The summed E-state index contributed by atoms with van der Waals surface area (Å²) < 4.78 is 0. The van der Waals surface area contributed by atoms with E-state index >= 15 is 0 Å². The van der Waals surface area contributed by atoms with E-state index in [1.807, 2.05) is 44.8 Å². The third-order valence-corrected chi connectivity index (χ3v) is 3.80. The van der Waals surface area contributed by atoms with Crippen LogP contribution in [0.3, 0.4) is 0 Å². The van der Waals surface area contributed by atoms with E-state index in [9.17, 15) is 0 Å². The second-order valence-corrected chi connectivity index (χ2v) is 5.42. The lowest BCUT2D eigenvalue weighted by Gasteiger charge is -2.27. The summed E-state index contributed by atoms with van der Waals surface area (Å²) in [5.41, 5.74) is 4.78. The van der Waals surface area contributed by atoms with E-state index in [0.717, 1.165) is 24.2 Å². The van der Waals surface area contributed by atoms with E-state index in [1.165, 1.54) is 17.7 Å². The van der Waals surface area contributed by atoms with Crippen molar-refractivity contribution in [2.24, 2.45) is 0 Å². The van der Waals surface area contributed by atoms with Crippen molar-refractivity contribution in [1.82, 2.24) is 9.97 Å². The van der Waals surface area contributed by atoms with Crippen LogP contribution in [0.1, 0.15) is 30.1 Å². The number of aryl methyl sites for hydroxylation is 1. The summed E-state index contributed by atoms with van der Waals surface area (Å²) in [7, 11) is 4.10. The third kappa shape index (κ3) is 2.46. The van der Waals surface area contributed by atoms with Crippen LogP contribution in [-0.4, -0.2) is 24.1 Å². The topological polar surface area (TPSA) is 41.1 Å². The number of rotatable bonds is 3. The number of aromatic nitrogens is 2. The maximum absolute atomic E-state index is 4.57. The summed E-state index contributed by atoms with van der Waals surface area (Å²) in [5.74, 6) is 0. The highest BCUT2D eigenvalue weighted by Gasteiger charge is 2.22. The van der Waals surface area contributed by atoms with Crippen LogP contribution in [0.25, 0.3) is 0 Å². The van der Waals surface area contributed by atoms with Crippen molar-refractivity contribution in [3.8, 4) is 0 Å². The van der Waals surface area contributed by atoms with Gasteiger partial charge in [0.1, 0.15) is 0 Å². The molecule has 4 heteroatoms. The molecular formula is C16H20N4. The zero-order valence-electron chi connectivity index (χ0n) is 12.0. The molecule has 0 saturated carbocycles. The Morgan fingerprint density at radius 2 is 2.15 bits per heavy atom. The van der Waals surface area contributed by atoms with E-state index in [0.29, 0.717) is 0 Å². The first-order valence-electron chi connectivity index (χ1n) is 7.07. The van der Waals surface area contributed by atoms with E-state index in [-0.39, 0.29) is 6.04 Å². The molecule has 0 aliphatic heterocycles. The van der Waals surface area contributed by atoms with Gasteiger partial charge in [0.15, 0.2) is 0 Å². The number of hydrogen-bond acceptors (Lipinski definition) is 4. The summed E-state index contributed by atoms with van der Waals surface area (Å²) in [6.45, 7) is 0. The Labute approximate surface area is 119 Å². The molecule has 2 aromatic heterocycles. The second kappa shape index (κ2) is 5.49. The Morgan fingerprint density at radius 3 is 3.00 bits per heavy atom. The largest absolute Gasteiger partial charge is 0.376 e. The Kier molecular flexibility index (Phi) is 3.54. The SMILES string of the molecule is CN(C)c1ccncc1NC1CCCc2cccnc21. The average molecular weight is 268 g/mol. The molecule has 20 heavy (non-hydrogen) atoms. The molecule has 0 amide bonds. The average Bonchev–Trinajstić information content (AvgIpc) is 2.48. The molecule has 3 rings (SSSR count). The molecule has 0 saturated heterocycles. The van der Waals surface area contributed by atoms with Gasteiger partial charge in [0.05, 0.1) is 29.3 Å². The molecule has 0 aromatic carbocycles. The number of nitrogens with one attached hydrogen (secondary N) is 1. The van der Waals surface area contributed by atoms with Crippen LogP contribution in [0.5, 0.6) is 0 Å². The highest BCUT2D eigenvalue weighted by Crippen LogP contribution is 2.33. The van der Waals surface area contributed by atoms with Crippen LogP contribution in [0.4, 0.5) is 11.4 Å². The summed E-state index contributed by atoms with van der Waals surface area (Å²) in [5, 5.41) is 3.62. The molecule has 2 heterocycles. The molecular weight excluding hydrogens is 248 g/mol. The summed E-state index contributed by atoms with van der Waals surface area (Å²) in [4.78, 5) is 10.9. The molecule has 2 aromatic rings. The molecule has 1 aliphatic carbocycles. The van der Waals surface area contributed by atoms with Crippen LogP contribution in [0.15, 0.2) is 36.8 Å². The quantitative estimate of drug-likeness (QED) is 0.929. The zero-order valence-corrected chi connectivity index (χ0v) is 12.0. The first-order valence-corrected chi connectivity index (χ1v) is 7.07. The van der Waals surface area contributed by atoms with Gasteiger partial charge < -0.3 is 10.2 Å². The fourth-order valence-corrected chi connectivity index (χ4v) is 2.83. The Hall–Kier alpha value is -2.10. The second-order valence-electron chi connectivity index (χ2n) is 5.42. The smallest absolute Gasteiger partial charge is 0.0769 e. The Bertz CT molecular complexity index is 595. The lowest BCUT2D eigenvalue weighted by molar-refractivity contribution is 0.583. The van der Waals surface area contributed by atoms with Crippen LogP contribution in [-0.2, 0) is 6.42 Å². The van der Waals surface area contributed by atoms with Crippen LogP contribution in [0, 0.1) is 0 Å². The van der Waals surface area contributed by atoms with Gasteiger partial charge in [-0.15, -0.1) is 0 Å². The van der Waals surface area contributed by atoms with Crippen LogP contribution < -0.4 is 10.2 Å². The minimum atomic E-state index is 0.280. The zero-order chi connectivity index (χ0) is 13.9. The predicted octanol–water partition coefficient (Wildman–Crippen LogP) is 3.03. The van der Waals surface area contributed by atoms with Gasteiger partial charge in [0.25, 0.3) is 0 Å². The first-order chi connectivity index (χ1) is 9.75. The van der Waals surface area contributed by atoms with E-state index < -0.39 is 0 Å². The Morgan fingerprint density at radius 1 is 1.25 bits per heavy atom. The van der Waals surface area contributed by atoms with Gasteiger partial charge in [-0.1, -0.05) is 6.07 Å². The van der Waals surface area contributed by atoms with Gasteiger partial charge in [-0.25, -0.2) is 0 Å². The van der Waals surface area contributed by atoms with Crippen molar-refractivity contribution in [2.45, 2.75) is 25.3 Å². The van der Waals surface area contributed by atoms with Gasteiger partial charge in [-0.2, -0.15) is 0 Å². The van der Waals surface area contributed by atoms with Crippen LogP contribution in [0.2, 0.25) is 0 Å². The normalized spacial score (nSPS) is 17.4. The lowest BCUT2D eigenvalue weighted by atomic mass is 9.92. The highest BCUT2D eigenvalue weighted by atomic mass is 15.1. The molecule has 4 nitrogen and oxygen atoms in total. The molecule has 1 unspecified atom stereocenters. The van der Waals surface area contributed by atoms with Crippen molar-refractivity contribution >= 4 is 11.4 Å². The highest BCUT2D eigenvalue weighted by molar-refractivity contribution is 5.68. The van der Waals surface area contributed by atoms with Gasteiger partial charge >= 0.3 is 0 Å². The molecule has 0 fully saturated rings. The standard InChI is InChI=1S/C16H20N4/c1-20(2)15-8-10-17-11-14(15)19-13-7-3-5-12-6-4-9-18-16(12)13/h4,6,8-11,13,19H,3,5,7H2,1-2H3. The summed E-state index contributed by atoms with van der Waals surface area (Å²) in [6, 6.07) is 6.52. The van der Waals surface area contributed by atoms with Gasteiger partial charge in [0, 0.05) is 26.5 Å². The number of hydrogen-bond donors (Lipinski definition) is 1. The first kappa shape index (κ1) is 12.9. The number of anilines is 2. The number of fused-ring (bicyclic) bond motifs is 1. The lowest BCUT2D eigenvalue weighted by Crippen LogP contribution is -2.20. The van der Waals surface area contributed by atoms with Gasteiger partial charge in [-0.3, -0.25) is 9.97 Å². The van der Waals surface area contributed by atoms with Crippen molar-refractivity contribution in [3.05, 3.63) is 48.0 Å². The van der Waals surface area contributed by atoms with Gasteiger partial charge in [0.2, 0.25) is 0 Å². The monoisotopic (exact) mass is 268 g/mol. The minimum absolute atomic E-state index is 0.280. The van der Waals surface area contributed by atoms with E-state index in [1.54, 1.807) is 0 Å². The summed E-state index contributed by atoms with van der Waals surface area (Å²) >= 11 is 0. The van der Waals surface area contributed by atoms with E-state index in [4.69, 9.17) is 0 Å². The maximum atomic E-state index is 4.57. The van der Waals surface area contributed by atoms with Crippen molar-refractivity contribution in [1.29, 1.82) is 0 Å². The molecule has 0 bridgehead atoms. The Balaban J connectivity index is 1.90. The van der Waals surface area contributed by atoms with Crippen molar-refractivity contribution in [3.63, 3.8) is 0 Å². The van der Waals surface area contributed by atoms with Crippen LogP contribution >= 0.6 is 0 Å². The van der Waals surface area contributed by atoms with Crippen molar-refractivity contribution in [2.75, 3.05) is 24.3 Å². The minimum Gasteiger partial charge on any atom is -0.376 e. The maximum Gasteiger partial charge on any atom is 0.0769 e. The van der Waals surface area contributed by atoms with E-state index in [2.05, 4.69) is 26.3 Å². The van der Waals surface area contributed by atoms with Crippen molar-refractivity contribution < 1.29 is 0 Å². The molecule has 1 atom stereocenters. The molecule has 1 N–H and O–H groups in total. The molecule has 104 valence electrons. The van der Waals surface area contributed by atoms with Gasteiger partial charge in [-0.05, 0) is 37.0 Å². The molecule has 0 spiro atoms. The fraction of sp³-hybridized carbons (Fsp3) is 0.375. The number of nitrogens with zero attached hydrogens (tertiary/aromatic N) is 3. The third-order valence-electron chi connectivity index (χ3n) is 3.80. The summed E-state index contributed by atoms with van der Waals surface area (Å²) in [6.07, 6.45) is 9.06. The fourth-order valence-electron chi connectivity index (χ4n) is 2.83.